The van der Waals surface area contributed by atoms with Crippen molar-refractivity contribution in [3.63, 3.8) is 0 Å². The Bertz CT molecular complexity index is 728. The molecule has 0 saturated heterocycles. The van der Waals surface area contributed by atoms with Gasteiger partial charge in [0.05, 0.1) is 12.2 Å². The Morgan fingerprint density at radius 3 is 2.57 bits per heavy atom. The molecule has 0 saturated carbocycles. The molecule has 1 aromatic carbocycles. The van der Waals surface area contributed by atoms with Gasteiger partial charge in [-0.3, -0.25) is 0 Å². The lowest BCUT2D eigenvalue weighted by atomic mass is 9.86. The standard InChI is InChI=1S/C17H21N5S/c1-17(2,3)16(14-10-7-11-23-14)18-12-15-19-20-21-22(15)13-8-5-4-6-9-13/h4-11,16,18H,12H2,1-3H3/t16-/m1/s1. The molecule has 0 spiro atoms. The summed E-state index contributed by atoms with van der Waals surface area (Å²) >= 11 is 1.77. The van der Waals surface area contributed by atoms with E-state index < -0.39 is 0 Å². The molecule has 0 radical (unpaired) electrons. The van der Waals surface area contributed by atoms with E-state index in [0.29, 0.717) is 6.54 Å². The maximum Gasteiger partial charge on any atom is 0.170 e. The maximum atomic E-state index is 4.17. The topological polar surface area (TPSA) is 55.6 Å². The lowest BCUT2D eigenvalue weighted by Gasteiger charge is -2.30. The Balaban J connectivity index is 1.79. The monoisotopic (exact) mass is 327 g/mol. The van der Waals surface area contributed by atoms with Crippen LogP contribution in [0.5, 0.6) is 0 Å². The number of rotatable bonds is 5. The van der Waals surface area contributed by atoms with Gasteiger partial charge in [-0.25, -0.2) is 0 Å². The van der Waals surface area contributed by atoms with Crippen LogP contribution in [0.15, 0.2) is 47.8 Å². The van der Waals surface area contributed by atoms with Crippen LogP contribution in [0.3, 0.4) is 0 Å². The van der Waals surface area contributed by atoms with Gasteiger partial charge < -0.3 is 5.32 Å². The first-order valence-electron chi connectivity index (χ1n) is 7.65. The third-order valence-electron chi connectivity index (χ3n) is 3.69. The van der Waals surface area contributed by atoms with Crippen molar-refractivity contribution in [1.29, 1.82) is 0 Å². The number of para-hydroxylation sites is 1. The Kier molecular flexibility index (Phi) is 4.54. The molecule has 0 bridgehead atoms. The third-order valence-corrected chi connectivity index (χ3v) is 4.63. The van der Waals surface area contributed by atoms with Crippen LogP contribution < -0.4 is 5.32 Å². The molecule has 1 N–H and O–H groups in total. The molecule has 3 aromatic rings. The van der Waals surface area contributed by atoms with Gasteiger partial charge >= 0.3 is 0 Å². The molecule has 3 rings (SSSR count). The van der Waals surface area contributed by atoms with Crippen LogP contribution in [-0.2, 0) is 6.54 Å². The summed E-state index contributed by atoms with van der Waals surface area (Å²) in [5.74, 6) is 0.807. The van der Waals surface area contributed by atoms with Gasteiger partial charge in [0.25, 0.3) is 0 Å². The van der Waals surface area contributed by atoms with E-state index in [9.17, 15) is 0 Å². The van der Waals surface area contributed by atoms with E-state index in [1.165, 1.54) is 4.88 Å². The second-order valence-electron chi connectivity index (χ2n) is 6.54. The second kappa shape index (κ2) is 6.60. The molecule has 0 unspecified atom stereocenters. The lowest BCUT2D eigenvalue weighted by molar-refractivity contribution is 0.272. The molecule has 0 aliphatic heterocycles. The molecule has 0 aliphatic rings. The summed E-state index contributed by atoms with van der Waals surface area (Å²) in [7, 11) is 0. The van der Waals surface area contributed by atoms with Gasteiger partial charge in [0.1, 0.15) is 0 Å². The van der Waals surface area contributed by atoms with E-state index in [2.05, 4.69) is 59.1 Å². The zero-order valence-corrected chi connectivity index (χ0v) is 14.4. The zero-order valence-electron chi connectivity index (χ0n) is 13.6. The average Bonchev–Trinajstić information content (AvgIpc) is 3.18. The van der Waals surface area contributed by atoms with Gasteiger partial charge in [0.2, 0.25) is 0 Å². The fraction of sp³-hybridized carbons (Fsp3) is 0.353. The Morgan fingerprint density at radius 1 is 1.13 bits per heavy atom. The summed E-state index contributed by atoms with van der Waals surface area (Å²) in [6, 6.07) is 14.5. The number of benzene rings is 1. The number of aromatic nitrogens is 4. The van der Waals surface area contributed by atoms with Crippen molar-refractivity contribution < 1.29 is 0 Å². The molecule has 6 heteroatoms. The Morgan fingerprint density at radius 2 is 1.91 bits per heavy atom. The summed E-state index contributed by atoms with van der Waals surface area (Å²) in [5.41, 5.74) is 1.08. The van der Waals surface area contributed by atoms with Gasteiger partial charge in [0.15, 0.2) is 5.82 Å². The first kappa shape index (κ1) is 15.8. The molecule has 0 aliphatic carbocycles. The minimum atomic E-state index is 0.107. The zero-order chi connectivity index (χ0) is 16.3. The Labute approximate surface area is 140 Å². The number of thiophene rings is 1. The highest BCUT2D eigenvalue weighted by Gasteiger charge is 2.27. The molecule has 1 atom stereocenters. The van der Waals surface area contributed by atoms with Gasteiger partial charge in [-0.15, -0.1) is 16.4 Å². The Hall–Kier alpha value is -2.05. The van der Waals surface area contributed by atoms with Crippen LogP contribution in [0, 0.1) is 5.41 Å². The van der Waals surface area contributed by atoms with E-state index in [0.717, 1.165) is 11.5 Å². The van der Waals surface area contributed by atoms with Crippen LogP contribution in [0.25, 0.3) is 5.69 Å². The highest BCUT2D eigenvalue weighted by atomic mass is 32.1. The third kappa shape index (κ3) is 3.65. The quantitative estimate of drug-likeness (QED) is 0.778. The highest BCUT2D eigenvalue weighted by molar-refractivity contribution is 7.10. The number of hydrogen-bond acceptors (Lipinski definition) is 5. The van der Waals surface area contributed by atoms with Crippen LogP contribution in [0.4, 0.5) is 0 Å². The SMILES string of the molecule is CC(C)(C)[C@H](NCc1nnnn1-c1ccccc1)c1cccs1. The summed E-state index contributed by atoms with van der Waals surface area (Å²) < 4.78 is 1.78. The minimum absolute atomic E-state index is 0.107. The van der Waals surface area contributed by atoms with Crippen molar-refractivity contribution in [3.8, 4) is 5.69 Å². The molecule has 0 fully saturated rings. The van der Waals surface area contributed by atoms with Gasteiger partial charge in [-0.05, 0) is 39.4 Å². The summed E-state index contributed by atoms with van der Waals surface area (Å²) in [6.45, 7) is 7.33. The molecule has 0 amide bonds. The molecule has 5 nitrogen and oxygen atoms in total. The maximum absolute atomic E-state index is 4.17. The average molecular weight is 327 g/mol. The smallest absolute Gasteiger partial charge is 0.170 e. The summed E-state index contributed by atoms with van der Waals surface area (Å²) in [5, 5.41) is 17.8. The van der Waals surface area contributed by atoms with Crippen LogP contribution >= 0.6 is 11.3 Å². The van der Waals surface area contributed by atoms with Crippen molar-refractivity contribution in [2.24, 2.45) is 5.41 Å². The van der Waals surface area contributed by atoms with E-state index in [1.807, 2.05) is 30.3 Å². The van der Waals surface area contributed by atoms with E-state index in [4.69, 9.17) is 0 Å². The first-order chi connectivity index (χ1) is 11.1. The number of hydrogen-bond donors (Lipinski definition) is 1. The molecule has 23 heavy (non-hydrogen) atoms. The normalized spacial score (nSPS) is 13.2. The van der Waals surface area contributed by atoms with Crippen molar-refractivity contribution in [2.45, 2.75) is 33.4 Å². The fourth-order valence-electron chi connectivity index (χ4n) is 2.57. The predicted molar refractivity (Wildman–Crippen MR) is 92.5 cm³/mol. The molecular formula is C17H21N5S. The summed E-state index contributed by atoms with van der Waals surface area (Å²) in [6.07, 6.45) is 0. The fourth-order valence-corrected chi connectivity index (χ4v) is 3.61. The van der Waals surface area contributed by atoms with Gasteiger partial charge in [0, 0.05) is 10.9 Å². The van der Waals surface area contributed by atoms with E-state index in [-0.39, 0.29) is 11.5 Å². The van der Waals surface area contributed by atoms with Crippen molar-refractivity contribution in [3.05, 3.63) is 58.5 Å². The number of tetrazole rings is 1. The lowest BCUT2D eigenvalue weighted by Crippen LogP contribution is -2.32. The predicted octanol–water partition coefficient (Wildman–Crippen LogP) is 3.60. The molecule has 2 heterocycles. The molecular weight excluding hydrogens is 306 g/mol. The number of nitrogens with zero attached hydrogens (tertiary/aromatic N) is 4. The van der Waals surface area contributed by atoms with Gasteiger partial charge in [-0.2, -0.15) is 4.68 Å². The number of nitrogens with one attached hydrogen (secondary N) is 1. The minimum Gasteiger partial charge on any atom is -0.302 e. The van der Waals surface area contributed by atoms with Crippen LogP contribution in [-0.4, -0.2) is 20.2 Å². The first-order valence-corrected chi connectivity index (χ1v) is 8.53. The molecule has 2 aromatic heterocycles. The van der Waals surface area contributed by atoms with E-state index >= 15 is 0 Å². The second-order valence-corrected chi connectivity index (χ2v) is 7.52. The molecule has 120 valence electrons. The van der Waals surface area contributed by atoms with Crippen molar-refractivity contribution in [2.75, 3.05) is 0 Å². The van der Waals surface area contributed by atoms with Gasteiger partial charge in [-0.1, -0.05) is 45.0 Å². The summed E-state index contributed by atoms with van der Waals surface area (Å²) in [4.78, 5) is 1.33. The van der Waals surface area contributed by atoms with Crippen molar-refractivity contribution >= 4 is 11.3 Å². The van der Waals surface area contributed by atoms with Crippen LogP contribution in [0.1, 0.15) is 37.5 Å². The van der Waals surface area contributed by atoms with Crippen LogP contribution in [0.2, 0.25) is 0 Å². The van der Waals surface area contributed by atoms with Crippen molar-refractivity contribution in [1.82, 2.24) is 25.5 Å². The highest BCUT2D eigenvalue weighted by Crippen LogP contribution is 2.35. The van der Waals surface area contributed by atoms with E-state index in [1.54, 1.807) is 16.0 Å². The largest absolute Gasteiger partial charge is 0.302 e.